The number of hydrogen-bond acceptors (Lipinski definition) is 0. The van der Waals surface area contributed by atoms with Crippen LogP contribution in [0.5, 0.6) is 0 Å². The number of hydrogen-bond donors (Lipinski definition) is 0. The molecule has 0 saturated heterocycles. The van der Waals surface area contributed by atoms with Gasteiger partial charge in [0.05, 0.1) is 0 Å². The van der Waals surface area contributed by atoms with Crippen LogP contribution in [0.25, 0.3) is 10.8 Å². The van der Waals surface area contributed by atoms with E-state index in [1.807, 2.05) is 18.2 Å². The molecule has 0 unspecified atom stereocenters. The zero-order valence-electron chi connectivity index (χ0n) is 9.00. The molecule has 0 spiro atoms. The van der Waals surface area contributed by atoms with Crippen LogP contribution in [0.3, 0.4) is 0 Å². The second kappa shape index (κ2) is 5.21. The highest BCUT2D eigenvalue weighted by Gasteiger charge is 2.06. The Morgan fingerprint density at radius 3 is 2.44 bits per heavy atom. The Balaban J connectivity index is 2.08. The van der Waals surface area contributed by atoms with Crippen molar-refractivity contribution in [2.45, 2.75) is 18.9 Å². The van der Waals surface area contributed by atoms with Crippen molar-refractivity contribution in [3.05, 3.63) is 48.0 Å². The summed E-state index contributed by atoms with van der Waals surface area (Å²) in [7, 11) is -3.36. The van der Waals surface area contributed by atoms with Crippen molar-refractivity contribution >= 4 is 20.2 Å². The van der Waals surface area contributed by atoms with E-state index in [0.717, 1.165) is 12.0 Å². The minimum Gasteiger partial charge on any atom is -0.275 e. The van der Waals surface area contributed by atoms with Crippen LogP contribution in [0, 0.1) is 0 Å². The van der Waals surface area contributed by atoms with Gasteiger partial charge in [-0.25, -0.2) is 0 Å². The highest BCUT2D eigenvalue weighted by atomic mass is 28.4. The average molecular weight is 236 g/mol. The molecule has 0 saturated carbocycles. The first-order valence-corrected chi connectivity index (χ1v) is 7.20. The molecule has 0 N–H and O–H groups in total. The maximum absolute atomic E-state index is 12.1. The third-order valence-electron chi connectivity index (χ3n) is 2.70. The van der Waals surface area contributed by atoms with E-state index in [9.17, 15) is 8.22 Å². The number of halogens is 2. The molecular weight excluding hydrogens is 222 g/mol. The van der Waals surface area contributed by atoms with Gasteiger partial charge in [-0.2, -0.15) is 0 Å². The Bertz CT molecular complexity index is 468. The smallest absolute Gasteiger partial charge is 0.275 e. The van der Waals surface area contributed by atoms with Crippen molar-refractivity contribution in [3.8, 4) is 0 Å². The predicted octanol–water partition coefficient (Wildman–Crippen LogP) is 3.93. The van der Waals surface area contributed by atoms with Gasteiger partial charge in [-0.1, -0.05) is 42.5 Å². The van der Waals surface area contributed by atoms with Crippen LogP contribution >= 0.6 is 0 Å². The summed E-state index contributed by atoms with van der Waals surface area (Å²) < 4.78 is 24.3. The van der Waals surface area contributed by atoms with E-state index < -0.39 is 9.46 Å². The van der Waals surface area contributed by atoms with E-state index in [1.54, 1.807) is 0 Å². The maximum atomic E-state index is 12.1. The van der Waals surface area contributed by atoms with Gasteiger partial charge < -0.3 is 0 Å². The van der Waals surface area contributed by atoms with E-state index in [2.05, 4.69) is 24.3 Å². The second-order valence-electron chi connectivity index (χ2n) is 3.96. The Morgan fingerprint density at radius 2 is 1.69 bits per heavy atom. The largest absolute Gasteiger partial charge is 0.411 e. The minimum atomic E-state index is -3.36. The number of fused-ring (bicyclic) bond motifs is 1. The van der Waals surface area contributed by atoms with Gasteiger partial charge in [-0.3, -0.25) is 8.22 Å². The Hall–Kier alpha value is -1.22. The van der Waals surface area contributed by atoms with Gasteiger partial charge in [0.1, 0.15) is 0 Å². The first-order chi connectivity index (χ1) is 7.75. The Kier molecular flexibility index (Phi) is 3.67. The first-order valence-electron chi connectivity index (χ1n) is 5.51. The Morgan fingerprint density at radius 1 is 0.938 bits per heavy atom. The molecule has 0 bridgehead atoms. The number of rotatable bonds is 4. The third-order valence-corrected chi connectivity index (χ3v) is 3.55. The summed E-state index contributed by atoms with van der Waals surface area (Å²) in [5, 5.41) is 2.39. The van der Waals surface area contributed by atoms with E-state index in [0.29, 0.717) is 6.42 Å². The van der Waals surface area contributed by atoms with Crippen molar-refractivity contribution in [3.63, 3.8) is 0 Å². The second-order valence-corrected chi connectivity index (χ2v) is 5.32. The molecule has 0 aromatic heterocycles. The summed E-state index contributed by atoms with van der Waals surface area (Å²) in [6, 6.07) is 14.4. The topological polar surface area (TPSA) is 0 Å². The number of aryl methyl sites for hydroxylation is 1. The molecule has 0 fully saturated rings. The molecule has 2 rings (SSSR count). The van der Waals surface area contributed by atoms with E-state index in [-0.39, 0.29) is 6.04 Å². The molecule has 0 nitrogen and oxygen atoms in total. The summed E-state index contributed by atoms with van der Waals surface area (Å²) in [5.74, 6) is 0. The van der Waals surface area contributed by atoms with Crippen molar-refractivity contribution in [2.24, 2.45) is 0 Å². The molecule has 0 aliphatic carbocycles. The highest BCUT2D eigenvalue weighted by Crippen LogP contribution is 2.17. The summed E-state index contributed by atoms with van der Waals surface area (Å²) in [6.45, 7) is 0. The van der Waals surface area contributed by atoms with Crippen LogP contribution in [-0.2, 0) is 6.42 Å². The summed E-state index contributed by atoms with van der Waals surface area (Å²) >= 11 is 0. The van der Waals surface area contributed by atoms with Crippen LogP contribution in [-0.4, -0.2) is 9.46 Å². The van der Waals surface area contributed by atoms with E-state index in [1.165, 1.54) is 10.8 Å². The molecule has 16 heavy (non-hydrogen) atoms. The normalized spacial score (nSPS) is 11.2. The van der Waals surface area contributed by atoms with E-state index >= 15 is 0 Å². The van der Waals surface area contributed by atoms with Gasteiger partial charge in [-0.15, -0.1) is 0 Å². The molecule has 84 valence electrons. The van der Waals surface area contributed by atoms with Gasteiger partial charge in [0, 0.05) is 0 Å². The summed E-state index contributed by atoms with van der Waals surface area (Å²) in [6.07, 6.45) is 1.38. The quantitative estimate of drug-likeness (QED) is 0.557. The molecule has 0 heterocycles. The van der Waals surface area contributed by atoms with Crippen LogP contribution in [0.2, 0.25) is 6.04 Å². The molecular formula is C13H14F2Si. The molecule has 0 aliphatic rings. The van der Waals surface area contributed by atoms with E-state index in [4.69, 9.17) is 0 Å². The fraction of sp³-hybridized carbons (Fsp3) is 0.231. The fourth-order valence-corrected chi connectivity index (χ4v) is 2.37. The molecule has 0 amide bonds. The fourth-order valence-electron chi connectivity index (χ4n) is 1.85. The Labute approximate surface area is 95.9 Å². The predicted molar refractivity (Wildman–Crippen MR) is 66.4 cm³/mol. The first kappa shape index (κ1) is 11.3. The van der Waals surface area contributed by atoms with Crippen LogP contribution in [0.15, 0.2) is 42.5 Å². The van der Waals surface area contributed by atoms with Crippen LogP contribution < -0.4 is 0 Å². The van der Waals surface area contributed by atoms with Crippen molar-refractivity contribution in [1.29, 1.82) is 0 Å². The molecule has 0 atom stereocenters. The van der Waals surface area contributed by atoms with Gasteiger partial charge in [-0.05, 0) is 35.2 Å². The summed E-state index contributed by atoms with van der Waals surface area (Å²) in [4.78, 5) is 0. The van der Waals surface area contributed by atoms with Crippen LogP contribution in [0.1, 0.15) is 12.0 Å². The zero-order valence-corrected chi connectivity index (χ0v) is 10.2. The molecule has 2 aromatic rings. The van der Waals surface area contributed by atoms with Crippen LogP contribution in [0.4, 0.5) is 8.22 Å². The standard InChI is InChI=1S/C13H14F2Si/c14-16(15)9-3-4-11-7-8-12-5-1-2-6-13(12)10-11/h1-2,5-8,10,16H,3-4,9H2. The van der Waals surface area contributed by atoms with Crippen molar-refractivity contribution < 1.29 is 8.22 Å². The van der Waals surface area contributed by atoms with Crippen molar-refractivity contribution in [1.82, 2.24) is 0 Å². The van der Waals surface area contributed by atoms with Crippen molar-refractivity contribution in [2.75, 3.05) is 0 Å². The maximum Gasteiger partial charge on any atom is 0.411 e. The molecule has 0 aliphatic heterocycles. The lowest BCUT2D eigenvalue weighted by molar-refractivity contribution is 0.641. The van der Waals surface area contributed by atoms with Gasteiger partial charge in [0.15, 0.2) is 0 Å². The lowest BCUT2D eigenvalue weighted by Crippen LogP contribution is -1.96. The third kappa shape index (κ3) is 2.89. The monoisotopic (exact) mass is 236 g/mol. The minimum absolute atomic E-state index is 0.132. The zero-order chi connectivity index (χ0) is 11.4. The SMILES string of the molecule is F[SiH](F)CCCc1ccc2ccccc2c1. The highest BCUT2D eigenvalue weighted by molar-refractivity contribution is 6.42. The lowest BCUT2D eigenvalue weighted by Gasteiger charge is -2.03. The molecule has 2 aromatic carbocycles. The van der Waals surface area contributed by atoms with Gasteiger partial charge in [0.25, 0.3) is 0 Å². The average Bonchev–Trinajstić information content (AvgIpc) is 2.28. The summed E-state index contributed by atoms with van der Waals surface area (Å²) in [5.41, 5.74) is 1.16. The van der Waals surface area contributed by atoms with Gasteiger partial charge >= 0.3 is 9.46 Å². The molecule has 0 radical (unpaired) electrons. The number of benzene rings is 2. The molecule has 3 heteroatoms. The van der Waals surface area contributed by atoms with Gasteiger partial charge in [0.2, 0.25) is 0 Å². The lowest BCUT2D eigenvalue weighted by atomic mass is 10.0.